The van der Waals surface area contributed by atoms with Crippen molar-refractivity contribution < 1.29 is 19.1 Å². The van der Waals surface area contributed by atoms with Gasteiger partial charge in [0, 0.05) is 24.6 Å². The zero-order valence-electron chi connectivity index (χ0n) is 14.7. The van der Waals surface area contributed by atoms with Gasteiger partial charge < -0.3 is 15.3 Å². The van der Waals surface area contributed by atoms with E-state index in [4.69, 9.17) is 5.11 Å². The number of nitrogens with zero attached hydrogens (tertiary/aromatic N) is 2. The highest BCUT2D eigenvalue weighted by atomic mass is 19.1. The number of nitrogens with one attached hydrogen (secondary N) is 1. The molecule has 0 fully saturated rings. The van der Waals surface area contributed by atoms with Crippen molar-refractivity contribution in [3.63, 3.8) is 0 Å². The molecule has 0 spiro atoms. The van der Waals surface area contributed by atoms with E-state index < -0.39 is 23.5 Å². The van der Waals surface area contributed by atoms with Gasteiger partial charge >= 0.3 is 5.97 Å². The van der Waals surface area contributed by atoms with Crippen LogP contribution < -0.4 is 5.32 Å². The van der Waals surface area contributed by atoms with Crippen molar-refractivity contribution in [2.75, 3.05) is 5.32 Å². The van der Waals surface area contributed by atoms with Crippen LogP contribution in [0, 0.1) is 5.82 Å². The smallest absolute Gasteiger partial charge is 0.338 e. The summed E-state index contributed by atoms with van der Waals surface area (Å²) in [6, 6.07) is 14.6. The molecule has 7 heteroatoms. The molecule has 0 radical (unpaired) electrons. The molecule has 1 aliphatic heterocycles. The third-order valence-electron chi connectivity index (χ3n) is 4.64. The van der Waals surface area contributed by atoms with E-state index in [0.717, 1.165) is 11.6 Å². The van der Waals surface area contributed by atoms with E-state index >= 15 is 0 Å². The van der Waals surface area contributed by atoms with Gasteiger partial charge in [-0.3, -0.25) is 9.78 Å². The van der Waals surface area contributed by atoms with E-state index in [1.165, 1.54) is 12.1 Å². The zero-order valence-corrected chi connectivity index (χ0v) is 14.7. The molecule has 4 rings (SSSR count). The molecule has 0 saturated carbocycles. The molecule has 2 aromatic carbocycles. The van der Waals surface area contributed by atoms with Crippen LogP contribution in [0.3, 0.4) is 0 Å². The van der Waals surface area contributed by atoms with E-state index in [1.54, 1.807) is 47.6 Å². The number of carboxylic acids is 1. The van der Waals surface area contributed by atoms with Crippen molar-refractivity contribution in [3.8, 4) is 0 Å². The lowest BCUT2D eigenvalue weighted by Gasteiger charge is -2.38. The third-order valence-corrected chi connectivity index (χ3v) is 4.64. The minimum atomic E-state index is -1.34. The Balaban J connectivity index is 1.77. The average Bonchev–Trinajstić information content (AvgIpc) is 2.70. The van der Waals surface area contributed by atoms with Crippen LogP contribution in [0.2, 0.25) is 0 Å². The van der Waals surface area contributed by atoms with Gasteiger partial charge in [0.25, 0.3) is 5.91 Å². The lowest BCUT2D eigenvalue weighted by Crippen LogP contribution is -2.42. The van der Waals surface area contributed by atoms with E-state index in [-0.39, 0.29) is 12.5 Å². The number of benzene rings is 2. The highest BCUT2D eigenvalue weighted by Gasteiger charge is 2.33. The quantitative estimate of drug-likeness (QED) is 0.725. The minimum absolute atomic E-state index is 0.203. The summed E-state index contributed by atoms with van der Waals surface area (Å²) in [5.41, 5.74) is 2.02. The average molecular weight is 377 g/mol. The predicted octanol–water partition coefficient (Wildman–Crippen LogP) is 3.69. The van der Waals surface area contributed by atoms with E-state index in [1.807, 2.05) is 6.07 Å². The van der Waals surface area contributed by atoms with Crippen LogP contribution in [0.15, 0.2) is 67.0 Å². The van der Waals surface area contributed by atoms with Gasteiger partial charge in [-0.2, -0.15) is 0 Å². The number of rotatable bonds is 4. The van der Waals surface area contributed by atoms with Crippen molar-refractivity contribution >= 4 is 17.6 Å². The number of anilines is 1. The number of hydrogen-bond acceptors (Lipinski definition) is 4. The highest BCUT2D eigenvalue weighted by molar-refractivity contribution is 6.01. The topological polar surface area (TPSA) is 82.5 Å². The van der Waals surface area contributed by atoms with Gasteiger partial charge in [-0.1, -0.05) is 24.3 Å². The molecule has 2 N–H and O–H groups in total. The number of pyridine rings is 1. The van der Waals surface area contributed by atoms with Crippen molar-refractivity contribution in [2.45, 2.75) is 12.7 Å². The van der Waals surface area contributed by atoms with Crippen LogP contribution in [0.1, 0.15) is 38.0 Å². The van der Waals surface area contributed by atoms with Crippen LogP contribution in [-0.2, 0) is 6.54 Å². The second-order valence-electron chi connectivity index (χ2n) is 6.43. The molecule has 1 unspecified atom stereocenters. The van der Waals surface area contributed by atoms with Crippen LogP contribution >= 0.6 is 0 Å². The first kappa shape index (κ1) is 17.7. The van der Waals surface area contributed by atoms with Crippen LogP contribution in [0.5, 0.6) is 0 Å². The third kappa shape index (κ3) is 3.18. The van der Waals surface area contributed by atoms with Gasteiger partial charge in [0.15, 0.2) is 0 Å². The van der Waals surface area contributed by atoms with Crippen LogP contribution in [-0.4, -0.2) is 26.9 Å². The van der Waals surface area contributed by atoms with Gasteiger partial charge in [-0.15, -0.1) is 0 Å². The summed E-state index contributed by atoms with van der Waals surface area (Å²) in [5, 5.41) is 12.3. The van der Waals surface area contributed by atoms with Gasteiger partial charge in [0.2, 0.25) is 0 Å². The van der Waals surface area contributed by atoms with Crippen molar-refractivity contribution in [1.29, 1.82) is 0 Å². The molecule has 28 heavy (non-hydrogen) atoms. The number of halogens is 1. The molecule has 6 nitrogen and oxygen atoms in total. The fourth-order valence-electron chi connectivity index (χ4n) is 3.28. The monoisotopic (exact) mass is 377 g/mol. The summed E-state index contributed by atoms with van der Waals surface area (Å²) in [6.45, 7) is 0.265. The SMILES string of the molecule is O=C(O)c1ccc(C2Nc3ccccc3C(=O)N2Cc2cccnc2)cc1F. The first-order chi connectivity index (χ1) is 13.5. The molecule has 0 bridgehead atoms. The maximum atomic E-state index is 14.3. The van der Waals surface area contributed by atoms with Crippen LogP contribution in [0.4, 0.5) is 10.1 Å². The summed E-state index contributed by atoms with van der Waals surface area (Å²) in [5.74, 6) is -2.39. The molecular formula is C21H16FN3O3. The Morgan fingerprint density at radius 1 is 1.18 bits per heavy atom. The molecule has 2 heterocycles. The Morgan fingerprint density at radius 3 is 2.71 bits per heavy atom. The number of para-hydroxylation sites is 1. The van der Waals surface area contributed by atoms with Crippen LogP contribution in [0.25, 0.3) is 0 Å². The van der Waals surface area contributed by atoms with E-state index in [9.17, 15) is 14.0 Å². The second-order valence-corrected chi connectivity index (χ2v) is 6.43. The first-order valence-electron chi connectivity index (χ1n) is 8.63. The van der Waals surface area contributed by atoms with Crippen molar-refractivity contribution in [1.82, 2.24) is 9.88 Å². The maximum Gasteiger partial charge on any atom is 0.338 e. The van der Waals surface area contributed by atoms with Gasteiger partial charge in [-0.05, 0) is 41.5 Å². The summed E-state index contributed by atoms with van der Waals surface area (Å²) >= 11 is 0. The summed E-state index contributed by atoms with van der Waals surface area (Å²) < 4.78 is 14.3. The molecule has 140 valence electrons. The Bertz CT molecular complexity index is 1060. The van der Waals surface area contributed by atoms with Gasteiger partial charge in [0.05, 0.1) is 11.1 Å². The Hall–Kier alpha value is -3.74. The normalized spacial score (nSPS) is 15.7. The predicted molar refractivity (Wildman–Crippen MR) is 100 cm³/mol. The molecule has 0 saturated heterocycles. The molecular weight excluding hydrogens is 361 g/mol. The van der Waals surface area contributed by atoms with Crippen molar-refractivity contribution in [2.24, 2.45) is 0 Å². The molecule has 1 amide bonds. The first-order valence-corrected chi connectivity index (χ1v) is 8.63. The fourth-order valence-corrected chi connectivity index (χ4v) is 3.28. The standard InChI is InChI=1S/C21H16FN3O3/c22-17-10-14(7-8-15(17)21(27)28)19-24-18-6-2-1-5-16(18)20(26)25(19)12-13-4-3-9-23-11-13/h1-11,19,24H,12H2,(H,27,28). The maximum absolute atomic E-state index is 14.3. The van der Waals surface area contributed by atoms with E-state index in [0.29, 0.717) is 16.8 Å². The Morgan fingerprint density at radius 2 is 2.00 bits per heavy atom. The van der Waals surface area contributed by atoms with Gasteiger partial charge in [0.1, 0.15) is 12.0 Å². The fraction of sp³-hybridized carbons (Fsp3) is 0.0952. The molecule has 3 aromatic rings. The number of aromatic nitrogens is 1. The largest absolute Gasteiger partial charge is 0.478 e. The van der Waals surface area contributed by atoms with Gasteiger partial charge in [-0.25, -0.2) is 9.18 Å². The number of fused-ring (bicyclic) bond motifs is 1. The summed E-state index contributed by atoms with van der Waals surface area (Å²) in [7, 11) is 0. The van der Waals surface area contributed by atoms with E-state index in [2.05, 4.69) is 10.3 Å². The number of carboxylic acid groups (broad SMARTS) is 1. The number of amides is 1. The highest BCUT2D eigenvalue weighted by Crippen LogP contribution is 2.34. The number of carbonyl (C=O) groups excluding carboxylic acids is 1. The number of aromatic carboxylic acids is 1. The number of carbonyl (C=O) groups is 2. The second kappa shape index (κ2) is 7.11. The molecule has 1 aliphatic rings. The lowest BCUT2D eigenvalue weighted by molar-refractivity contribution is 0.0660. The summed E-state index contributed by atoms with van der Waals surface area (Å²) in [6.07, 6.45) is 2.66. The number of hydrogen-bond donors (Lipinski definition) is 2. The molecule has 1 atom stereocenters. The molecule has 0 aliphatic carbocycles. The molecule has 1 aromatic heterocycles. The zero-order chi connectivity index (χ0) is 19.7. The summed E-state index contributed by atoms with van der Waals surface area (Å²) in [4.78, 5) is 29.9. The Labute approximate surface area is 160 Å². The minimum Gasteiger partial charge on any atom is -0.478 e. The lowest BCUT2D eigenvalue weighted by atomic mass is 10.0. The van der Waals surface area contributed by atoms with Crippen molar-refractivity contribution in [3.05, 3.63) is 95.1 Å². The Kier molecular flexibility index (Phi) is 4.49.